The molecule has 5 heterocycles. The molecule has 0 saturated heterocycles. The van der Waals surface area contributed by atoms with Gasteiger partial charge in [0.25, 0.3) is 0 Å². The van der Waals surface area contributed by atoms with Crippen molar-refractivity contribution in [1.29, 1.82) is 0 Å². The second-order valence-corrected chi connectivity index (χ2v) is 13.0. The lowest BCUT2D eigenvalue weighted by Gasteiger charge is -2.24. The Morgan fingerprint density at radius 3 is 1.17 bits per heavy atom. The summed E-state index contributed by atoms with van der Waals surface area (Å²) < 4.78 is 19.0. The van der Waals surface area contributed by atoms with Gasteiger partial charge in [-0.1, -0.05) is 72.8 Å². The number of rotatable bonds is 6. The number of anilines is 6. The van der Waals surface area contributed by atoms with Crippen molar-refractivity contribution in [2.45, 2.75) is 0 Å². The van der Waals surface area contributed by atoms with Gasteiger partial charge in [-0.15, -0.1) is 0 Å². The molecule has 11 aromatic rings. The Labute approximate surface area is 302 Å². The average molecular weight is 685 g/mol. The van der Waals surface area contributed by atoms with Gasteiger partial charge in [-0.05, 0) is 84.9 Å². The van der Waals surface area contributed by atoms with Crippen LogP contribution in [0.4, 0.5) is 34.4 Å². The molecule has 0 aliphatic carbocycles. The minimum Gasteiger partial charge on any atom is -0.456 e. The molecular weight excluding hydrogens is 657 g/mol. The zero-order chi connectivity index (χ0) is 34.9. The van der Waals surface area contributed by atoms with E-state index in [4.69, 9.17) is 23.2 Å². The number of pyridine rings is 2. The molecule has 7 heteroatoms. The number of hydrogen-bond acceptors (Lipinski definition) is 7. The maximum atomic E-state index is 6.49. The first-order valence-electron chi connectivity index (χ1n) is 17.5. The van der Waals surface area contributed by atoms with Crippen LogP contribution in [0.15, 0.2) is 183 Å². The summed E-state index contributed by atoms with van der Waals surface area (Å²) in [7, 11) is 0. The van der Waals surface area contributed by atoms with Gasteiger partial charge < -0.3 is 13.3 Å². The predicted molar refractivity (Wildman–Crippen MR) is 213 cm³/mol. The van der Waals surface area contributed by atoms with Crippen LogP contribution < -0.4 is 9.80 Å². The lowest BCUT2D eigenvalue weighted by Crippen LogP contribution is -2.11. The Kier molecular flexibility index (Phi) is 6.42. The highest BCUT2D eigenvalue weighted by Gasteiger charge is 2.21. The van der Waals surface area contributed by atoms with E-state index in [1.54, 1.807) is 0 Å². The number of furan rings is 3. The van der Waals surface area contributed by atoms with Gasteiger partial charge in [-0.2, -0.15) is 9.97 Å². The zero-order valence-electron chi connectivity index (χ0n) is 28.2. The predicted octanol–water partition coefficient (Wildman–Crippen LogP) is 13.1. The molecule has 0 unspecified atom stereocenters. The summed E-state index contributed by atoms with van der Waals surface area (Å²) in [6, 6.07) is 57.4. The van der Waals surface area contributed by atoms with E-state index < -0.39 is 0 Å². The normalized spacial score (nSPS) is 11.8. The van der Waals surface area contributed by atoms with E-state index >= 15 is 0 Å². The highest BCUT2D eigenvalue weighted by Crippen LogP contribution is 2.41. The van der Waals surface area contributed by atoms with Crippen molar-refractivity contribution in [3.63, 3.8) is 0 Å². The van der Waals surface area contributed by atoms with Gasteiger partial charge in [0.1, 0.15) is 34.0 Å². The highest BCUT2D eigenvalue weighted by atomic mass is 16.3. The quantitative estimate of drug-likeness (QED) is 0.173. The van der Waals surface area contributed by atoms with Crippen molar-refractivity contribution < 1.29 is 13.3 Å². The smallest absolute Gasteiger partial charge is 0.231 e. The first-order chi connectivity index (χ1) is 26.2. The molecule has 0 bridgehead atoms. The van der Waals surface area contributed by atoms with Gasteiger partial charge in [0.05, 0.1) is 22.1 Å². The highest BCUT2D eigenvalue weighted by molar-refractivity contribution is 6.08. The lowest BCUT2D eigenvalue weighted by molar-refractivity contribution is 0.640. The van der Waals surface area contributed by atoms with Crippen LogP contribution in [0.1, 0.15) is 0 Å². The van der Waals surface area contributed by atoms with Crippen LogP contribution in [0.2, 0.25) is 0 Å². The van der Waals surface area contributed by atoms with Crippen molar-refractivity contribution in [2.24, 2.45) is 0 Å². The van der Waals surface area contributed by atoms with Gasteiger partial charge in [0.2, 0.25) is 11.4 Å². The first-order valence-corrected chi connectivity index (χ1v) is 17.5. The molecule has 7 nitrogen and oxygen atoms in total. The van der Waals surface area contributed by atoms with E-state index in [0.717, 1.165) is 77.4 Å². The fraction of sp³-hybridized carbons (Fsp3) is 0. The minimum absolute atomic E-state index is 0.503. The van der Waals surface area contributed by atoms with Crippen LogP contribution in [-0.4, -0.2) is 9.97 Å². The molecule has 0 saturated carbocycles. The molecule has 11 rings (SSSR count). The van der Waals surface area contributed by atoms with Crippen molar-refractivity contribution in [2.75, 3.05) is 9.80 Å². The number of benzene rings is 6. The van der Waals surface area contributed by atoms with E-state index in [0.29, 0.717) is 23.1 Å². The lowest BCUT2D eigenvalue weighted by atomic mass is 10.1. The van der Waals surface area contributed by atoms with E-state index in [9.17, 15) is 0 Å². The van der Waals surface area contributed by atoms with Crippen molar-refractivity contribution in [3.8, 4) is 0 Å². The monoisotopic (exact) mass is 684 g/mol. The molecule has 0 amide bonds. The van der Waals surface area contributed by atoms with Crippen LogP contribution >= 0.6 is 0 Å². The fourth-order valence-electron chi connectivity index (χ4n) is 7.46. The van der Waals surface area contributed by atoms with Crippen molar-refractivity contribution in [1.82, 2.24) is 9.97 Å². The Hall–Kier alpha value is -7.38. The number of fused-ring (bicyclic) bond motifs is 9. The summed E-state index contributed by atoms with van der Waals surface area (Å²) in [6.07, 6.45) is 0. The first kappa shape index (κ1) is 29.4. The summed E-state index contributed by atoms with van der Waals surface area (Å²) in [5, 5.41) is 6.10. The molecule has 0 N–H and O–H groups in total. The number of nitrogens with zero attached hydrogens (tertiary/aromatic N) is 4. The zero-order valence-corrected chi connectivity index (χ0v) is 28.2. The van der Waals surface area contributed by atoms with Crippen LogP contribution in [0, 0.1) is 0 Å². The minimum atomic E-state index is 0.503. The number of para-hydroxylation sites is 4. The van der Waals surface area contributed by atoms with Crippen LogP contribution in [0.25, 0.3) is 66.1 Å². The largest absolute Gasteiger partial charge is 0.456 e. The maximum Gasteiger partial charge on any atom is 0.231 e. The summed E-state index contributed by atoms with van der Waals surface area (Å²) in [4.78, 5) is 14.4. The summed E-state index contributed by atoms with van der Waals surface area (Å²) in [5.41, 5.74) is 8.13. The van der Waals surface area contributed by atoms with Gasteiger partial charge in [-0.25, -0.2) is 0 Å². The molecule has 5 aromatic heterocycles. The van der Waals surface area contributed by atoms with Crippen molar-refractivity contribution >= 4 is 100 Å². The van der Waals surface area contributed by atoms with Crippen LogP contribution in [0.3, 0.4) is 0 Å². The molecule has 6 aromatic carbocycles. The second-order valence-electron chi connectivity index (χ2n) is 13.0. The SMILES string of the molecule is c1ccc(N(c2ccc3c(c2)oc2ccccc23)c2ccc3c(n2)oc2nc(N(c4ccccc4)c4ccc5c(c4)oc4ccccc45)ccc23)cc1. The standard InChI is InChI=1S/C46H28N4O3/c1-3-11-29(12-4-1)49(31-19-21-35-33-15-7-9-17-39(33)51-41(35)27-31)43-25-23-37-38-24-26-44(48-46(38)53-45(37)47-43)50(30-13-5-2-6-14-30)32-20-22-36-34-16-8-10-18-40(34)52-42(36)28-32/h1-28H. The Morgan fingerprint density at radius 2 is 0.698 bits per heavy atom. The Bertz CT molecular complexity index is 2930. The third kappa shape index (κ3) is 4.75. The Balaban J connectivity index is 1.03. The van der Waals surface area contributed by atoms with E-state index in [2.05, 4.69) is 94.7 Å². The summed E-state index contributed by atoms with van der Waals surface area (Å²) >= 11 is 0. The number of hydrogen-bond donors (Lipinski definition) is 0. The molecule has 0 fully saturated rings. The second kappa shape index (κ2) is 11.6. The van der Waals surface area contributed by atoms with E-state index in [1.807, 2.05) is 84.9 Å². The van der Waals surface area contributed by atoms with Gasteiger partial charge in [0, 0.05) is 45.1 Å². The molecular formula is C46H28N4O3. The molecule has 250 valence electrons. The molecule has 0 spiro atoms. The molecule has 0 atom stereocenters. The fourth-order valence-corrected chi connectivity index (χ4v) is 7.46. The summed E-state index contributed by atoms with van der Waals surface area (Å²) in [5.74, 6) is 1.42. The van der Waals surface area contributed by atoms with Gasteiger partial charge >= 0.3 is 0 Å². The van der Waals surface area contributed by atoms with E-state index in [-0.39, 0.29) is 0 Å². The van der Waals surface area contributed by atoms with Crippen molar-refractivity contribution in [3.05, 3.63) is 170 Å². The van der Waals surface area contributed by atoms with Crippen LogP contribution in [0.5, 0.6) is 0 Å². The maximum absolute atomic E-state index is 6.49. The van der Waals surface area contributed by atoms with E-state index in [1.165, 1.54) is 0 Å². The third-order valence-corrected chi connectivity index (χ3v) is 9.90. The third-order valence-electron chi connectivity index (χ3n) is 9.90. The number of aromatic nitrogens is 2. The topological polar surface area (TPSA) is 71.7 Å². The average Bonchev–Trinajstić information content (AvgIpc) is 3.89. The van der Waals surface area contributed by atoms with Gasteiger partial charge in [-0.3, -0.25) is 9.80 Å². The molecule has 53 heavy (non-hydrogen) atoms. The molecule has 0 aliphatic rings. The van der Waals surface area contributed by atoms with Gasteiger partial charge in [0.15, 0.2) is 0 Å². The summed E-state index contributed by atoms with van der Waals surface area (Å²) in [6.45, 7) is 0. The molecule has 0 radical (unpaired) electrons. The molecule has 0 aliphatic heterocycles. The van der Waals surface area contributed by atoms with Crippen LogP contribution in [-0.2, 0) is 0 Å². The Morgan fingerprint density at radius 1 is 0.302 bits per heavy atom.